The number of hydrogen-bond donors (Lipinski definition) is 2. The number of aliphatic hydroxyl groups excluding tert-OH is 1. The molecule has 6 nitrogen and oxygen atoms in total. The summed E-state index contributed by atoms with van der Waals surface area (Å²) in [7, 11) is 0. The van der Waals surface area contributed by atoms with Crippen LogP contribution in [0.3, 0.4) is 0 Å². The number of halogens is 2. The molecule has 31 heavy (non-hydrogen) atoms. The third-order valence-corrected chi connectivity index (χ3v) is 5.74. The quantitative estimate of drug-likeness (QED) is 0.547. The van der Waals surface area contributed by atoms with Crippen molar-refractivity contribution in [1.82, 2.24) is 0 Å². The number of carbonyl (C=O) groups is 2. The van der Waals surface area contributed by atoms with Crippen LogP contribution in [0.15, 0.2) is 57.6 Å². The lowest BCUT2D eigenvalue weighted by atomic mass is 10.1. The van der Waals surface area contributed by atoms with Crippen LogP contribution in [0, 0.1) is 6.92 Å². The number of ether oxygens (including phenoxy) is 1. The second-order valence-electron chi connectivity index (χ2n) is 6.47. The van der Waals surface area contributed by atoms with Crippen LogP contribution >= 0.6 is 35.0 Å². The van der Waals surface area contributed by atoms with E-state index in [4.69, 9.17) is 27.9 Å². The van der Waals surface area contributed by atoms with Crippen molar-refractivity contribution >= 4 is 58.0 Å². The van der Waals surface area contributed by atoms with Crippen molar-refractivity contribution in [2.75, 3.05) is 6.61 Å². The molecule has 3 rings (SSSR count). The number of benzene rings is 2. The summed E-state index contributed by atoms with van der Waals surface area (Å²) in [6.07, 6.45) is 1.39. The molecule has 0 aliphatic carbocycles. The number of amides is 1. The number of aliphatic hydroxyl groups is 1. The Kier molecular flexibility index (Phi) is 7.10. The molecule has 2 aromatic carbocycles. The second kappa shape index (κ2) is 9.60. The Hall–Kier alpha value is -2.74. The molecular formula is C22H17Cl2NO5S. The fourth-order valence-electron chi connectivity index (χ4n) is 2.68. The van der Waals surface area contributed by atoms with E-state index in [0.29, 0.717) is 5.56 Å². The maximum absolute atomic E-state index is 12.6. The standard InChI is InChI=1S/C22H17Cl2NO5S/c1-3-30-22(29)17-19(27)16(9-13-8-14(23)10-15(24)18(13)26)31-21(17)25-20(28)12-6-4-11(2)5-7-12/h4-10,26-27H,3H2,1-2H3/b16-9-,25-21?. The summed E-state index contributed by atoms with van der Waals surface area (Å²) in [5.74, 6) is -2.06. The molecule has 0 bridgehead atoms. The molecular weight excluding hydrogens is 461 g/mol. The zero-order valence-electron chi connectivity index (χ0n) is 16.5. The molecule has 0 saturated carbocycles. The highest BCUT2D eigenvalue weighted by Gasteiger charge is 2.34. The number of aliphatic imine (C=N–C) groups is 1. The summed E-state index contributed by atoms with van der Waals surface area (Å²) < 4.78 is 5.01. The predicted molar refractivity (Wildman–Crippen MR) is 123 cm³/mol. The molecule has 0 saturated heterocycles. The third kappa shape index (κ3) is 5.12. The average Bonchev–Trinajstić information content (AvgIpc) is 3.01. The van der Waals surface area contributed by atoms with Crippen molar-refractivity contribution in [3.63, 3.8) is 0 Å². The molecule has 1 heterocycles. The first kappa shape index (κ1) is 22.9. The maximum Gasteiger partial charge on any atom is 0.344 e. The fourth-order valence-corrected chi connectivity index (χ4v) is 4.19. The molecule has 2 aromatic rings. The highest BCUT2D eigenvalue weighted by molar-refractivity contribution is 8.18. The normalized spacial score (nSPS) is 16.3. The van der Waals surface area contributed by atoms with Gasteiger partial charge in [-0.1, -0.05) is 52.7 Å². The van der Waals surface area contributed by atoms with E-state index in [1.54, 1.807) is 31.2 Å². The van der Waals surface area contributed by atoms with Gasteiger partial charge >= 0.3 is 5.97 Å². The Morgan fingerprint density at radius 1 is 1.16 bits per heavy atom. The topological polar surface area (TPSA) is 96.2 Å². The monoisotopic (exact) mass is 477 g/mol. The van der Waals surface area contributed by atoms with E-state index in [9.17, 15) is 19.8 Å². The van der Waals surface area contributed by atoms with E-state index in [1.807, 2.05) is 6.92 Å². The molecule has 2 N–H and O–H groups in total. The van der Waals surface area contributed by atoms with Gasteiger partial charge in [-0.3, -0.25) is 4.79 Å². The van der Waals surface area contributed by atoms with Gasteiger partial charge in [0.25, 0.3) is 5.91 Å². The summed E-state index contributed by atoms with van der Waals surface area (Å²) in [6.45, 7) is 3.58. The molecule has 0 atom stereocenters. The van der Waals surface area contributed by atoms with Gasteiger partial charge in [0.15, 0.2) is 0 Å². The Morgan fingerprint density at radius 2 is 1.84 bits per heavy atom. The Bertz CT molecular complexity index is 1150. The van der Waals surface area contributed by atoms with Crippen molar-refractivity contribution in [2.45, 2.75) is 13.8 Å². The predicted octanol–water partition coefficient (Wildman–Crippen LogP) is 5.71. The number of rotatable bonds is 4. The van der Waals surface area contributed by atoms with Crippen LogP contribution in [-0.4, -0.2) is 33.7 Å². The number of nitrogens with zero attached hydrogens (tertiary/aromatic N) is 1. The Labute approximate surface area is 192 Å². The molecule has 160 valence electrons. The molecule has 1 aliphatic heterocycles. The van der Waals surface area contributed by atoms with Crippen LogP contribution in [0.2, 0.25) is 10.0 Å². The van der Waals surface area contributed by atoms with Crippen molar-refractivity contribution in [1.29, 1.82) is 0 Å². The Balaban J connectivity index is 2.06. The Morgan fingerprint density at radius 3 is 2.48 bits per heavy atom. The molecule has 0 radical (unpaired) electrons. The zero-order chi connectivity index (χ0) is 22.7. The lowest BCUT2D eigenvalue weighted by molar-refractivity contribution is -0.138. The number of phenols is 1. The van der Waals surface area contributed by atoms with E-state index < -0.39 is 17.6 Å². The third-order valence-electron chi connectivity index (χ3n) is 4.22. The number of thioether (sulfide) groups is 1. The van der Waals surface area contributed by atoms with Crippen LogP contribution in [-0.2, 0) is 9.53 Å². The van der Waals surface area contributed by atoms with Gasteiger partial charge in [0, 0.05) is 16.1 Å². The van der Waals surface area contributed by atoms with E-state index in [1.165, 1.54) is 18.2 Å². The van der Waals surface area contributed by atoms with Crippen LogP contribution in [0.1, 0.15) is 28.4 Å². The van der Waals surface area contributed by atoms with Crippen molar-refractivity contribution in [3.05, 3.63) is 79.4 Å². The number of carbonyl (C=O) groups excluding carboxylic acids is 2. The molecule has 0 spiro atoms. The number of esters is 1. The highest BCUT2D eigenvalue weighted by atomic mass is 35.5. The lowest BCUT2D eigenvalue weighted by Gasteiger charge is -2.04. The molecule has 0 aromatic heterocycles. The number of hydrogen-bond acceptors (Lipinski definition) is 6. The second-order valence-corrected chi connectivity index (χ2v) is 8.34. The van der Waals surface area contributed by atoms with E-state index >= 15 is 0 Å². The van der Waals surface area contributed by atoms with Crippen LogP contribution in [0.4, 0.5) is 0 Å². The molecule has 0 unspecified atom stereocenters. The molecule has 9 heteroatoms. The van der Waals surface area contributed by atoms with E-state index in [0.717, 1.165) is 17.3 Å². The zero-order valence-corrected chi connectivity index (χ0v) is 18.8. The molecule has 0 fully saturated rings. The SMILES string of the molecule is CCOC(=O)C1=C(O)/C(=C/c2cc(Cl)cc(Cl)c2O)SC1=NC(=O)c1ccc(C)cc1. The summed E-state index contributed by atoms with van der Waals surface area (Å²) >= 11 is 12.8. The smallest absolute Gasteiger partial charge is 0.344 e. The van der Waals surface area contributed by atoms with Gasteiger partial charge in [0.05, 0.1) is 16.5 Å². The van der Waals surface area contributed by atoms with Crippen LogP contribution < -0.4 is 0 Å². The van der Waals surface area contributed by atoms with Gasteiger partial charge < -0.3 is 14.9 Å². The van der Waals surface area contributed by atoms with Gasteiger partial charge in [-0.05, 0) is 44.2 Å². The number of aryl methyl sites for hydroxylation is 1. The van der Waals surface area contributed by atoms with Crippen LogP contribution in [0.5, 0.6) is 5.75 Å². The summed E-state index contributed by atoms with van der Waals surface area (Å²) in [5, 5.41) is 21.2. The van der Waals surface area contributed by atoms with Crippen molar-refractivity contribution in [3.8, 4) is 5.75 Å². The van der Waals surface area contributed by atoms with Gasteiger partial charge in [-0.25, -0.2) is 9.79 Å². The van der Waals surface area contributed by atoms with Crippen molar-refractivity contribution < 1.29 is 24.5 Å². The first-order valence-corrected chi connectivity index (χ1v) is 10.7. The van der Waals surface area contributed by atoms with E-state index in [2.05, 4.69) is 4.99 Å². The van der Waals surface area contributed by atoms with Crippen molar-refractivity contribution in [2.24, 2.45) is 4.99 Å². The van der Waals surface area contributed by atoms with Gasteiger partial charge in [0.2, 0.25) is 0 Å². The van der Waals surface area contributed by atoms with Crippen LogP contribution in [0.25, 0.3) is 6.08 Å². The number of phenolic OH excluding ortho intramolecular Hbond substituents is 1. The fraction of sp³-hybridized carbons (Fsp3) is 0.136. The summed E-state index contributed by atoms with van der Waals surface area (Å²) in [4.78, 5) is 29.2. The summed E-state index contributed by atoms with van der Waals surface area (Å²) in [5.41, 5.74) is 1.31. The number of aromatic hydroxyl groups is 1. The minimum Gasteiger partial charge on any atom is -0.506 e. The minimum atomic E-state index is -0.820. The van der Waals surface area contributed by atoms with Gasteiger partial charge in [-0.15, -0.1) is 0 Å². The first-order chi connectivity index (χ1) is 14.7. The lowest BCUT2D eigenvalue weighted by Crippen LogP contribution is -2.14. The largest absolute Gasteiger partial charge is 0.506 e. The minimum absolute atomic E-state index is 0.0135. The summed E-state index contributed by atoms with van der Waals surface area (Å²) in [6, 6.07) is 9.60. The maximum atomic E-state index is 12.6. The molecule has 1 aliphatic rings. The molecule has 1 amide bonds. The van der Waals surface area contributed by atoms with Gasteiger partial charge in [-0.2, -0.15) is 0 Å². The average molecular weight is 478 g/mol. The first-order valence-electron chi connectivity index (χ1n) is 9.09. The van der Waals surface area contributed by atoms with E-state index in [-0.39, 0.29) is 43.5 Å². The van der Waals surface area contributed by atoms with Gasteiger partial charge in [0.1, 0.15) is 22.1 Å². The highest BCUT2D eigenvalue weighted by Crippen LogP contribution is 2.41.